The molecule has 2 aromatic heterocycles. The Balaban J connectivity index is 1.75. The average molecular weight is 415 g/mol. The largest absolute Gasteiger partial charge is 0.416 e. The van der Waals surface area contributed by atoms with Crippen LogP contribution in [0.4, 0.5) is 19.0 Å². The Kier molecular flexibility index (Phi) is 4.76. The molecule has 0 saturated carbocycles. The lowest BCUT2D eigenvalue weighted by Crippen LogP contribution is -2.24. The summed E-state index contributed by atoms with van der Waals surface area (Å²) in [5.74, 6) is 0.0274. The second-order valence-corrected chi connectivity index (χ2v) is 7.48. The number of carbonyl (C=O) groups is 1. The maximum Gasteiger partial charge on any atom is 0.416 e. The molecule has 0 bridgehead atoms. The number of anilines is 1. The molecule has 1 aliphatic rings. The predicted octanol–water partition coefficient (Wildman–Crippen LogP) is 3.62. The van der Waals surface area contributed by atoms with E-state index < -0.39 is 17.6 Å². The van der Waals surface area contributed by atoms with Crippen molar-refractivity contribution in [2.45, 2.75) is 19.5 Å². The van der Waals surface area contributed by atoms with Crippen molar-refractivity contribution in [3.63, 3.8) is 0 Å². The third-order valence-electron chi connectivity index (χ3n) is 5.38. The molecule has 3 aromatic rings. The number of primary amides is 1. The summed E-state index contributed by atoms with van der Waals surface area (Å²) in [4.78, 5) is 18.0. The highest BCUT2D eigenvalue weighted by Gasteiger charge is 2.31. The van der Waals surface area contributed by atoms with Crippen LogP contribution in [0, 0.1) is 12.8 Å². The van der Waals surface area contributed by atoms with Crippen molar-refractivity contribution in [2.24, 2.45) is 11.7 Å². The van der Waals surface area contributed by atoms with Gasteiger partial charge in [0.2, 0.25) is 5.91 Å². The highest BCUT2D eigenvalue weighted by Crippen LogP contribution is 2.34. The SMILES string of the molecule is C=C(C(N)=O)C1CCN(c2nn(-c3ccc(C(F)(F)F)cc3)c3cc(C)cnc23)C1. The minimum Gasteiger partial charge on any atom is -0.366 e. The number of aromatic nitrogens is 3. The number of nitrogens with two attached hydrogens (primary N) is 1. The van der Waals surface area contributed by atoms with Gasteiger partial charge in [-0.05, 0) is 49.2 Å². The smallest absolute Gasteiger partial charge is 0.366 e. The van der Waals surface area contributed by atoms with Crippen molar-refractivity contribution in [1.82, 2.24) is 14.8 Å². The van der Waals surface area contributed by atoms with E-state index in [1.165, 1.54) is 12.1 Å². The van der Waals surface area contributed by atoms with Crippen LogP contribution in [-0.4, -0.2) is 33.8 Å². The molecule has 1 aliphatic heterocycles. The van der Waals surface area contributed by atoms with Crippen LogP contribution in [0.15, 0.2) is 48.7 Å². The van der Waals surface area contributed by atoms with Gasteiger partial charge in [0, 0.05) is 30.8 Å². The van der Waals surface area contributed by atoms with Crippen molar-refractivity contribution >= 4 is 22.8 Å². The van der Waals surface area contributed by atoms with Crippen LogP contribution in [0.3, 0.4) is 0 Å². The van der Waals surface area contributed by atoms with Crippen LogP contribution >= 0.6 is 0 Å². The molecule has 6 nitrogen and oxygen atoms in total. The molecule has 3 heterocycles. The Labute approximate surface area is 170 Å². The van der Waals surface area contributed by atoms with E-state index in [0.717, 1.165) is 17.7 Å². The Hall–Kier alpha value is -3.36. The lowest BCUT2D eigenvalue weighted by molar-refractivity contribution is -0.137. The molecule has 1 amide bonds. The zero-order valence-corrected chi connectivity index (χ0v) is 16.3. The third-order valence-corrected chi connectivity index (χ3v) is 5.38. The summed E-state index contributed by atoms with van der Waals surface area (Å²) in [5.41, 5.74) is 7.78. The van der Waals surface area contributed by atoms with Crippen molar-refractivity contribution in [2.75, 3.05) is 18.0 Å². The van der Waals surface area contributed by atoms with Gasteiger partial charge in [-0.3, -0.25) is 9.78 Å². The number of fused-ring (bicyclic) bond motifs is 1. The van der Waals surface area contributed by atoms with E-state index >= 15 is 0 Å². The molecule has 156 valence electrons. The lowest BCUT2D eigenvalue weighted by Gasteiger charge is -2.16. The first-order valence-electron chi connectivity index (χ1n) is 9.41. The number of pyridine rings is 1. The molecule has 30 heavy (non-hydrogen) atoms. The highest BCUT2D eigenvalue weighted by molar-refractivity contribution is 5.92. The van der Waals surface area contributed by atoms with Gasteiger partial charge in [0.25, 0.3) is 0 Å². The molecule has 0 spiro atoms. The maximum absolute atomic E-state index is 12.9. The number of aryl methyl sites for hydroxylation is 1. The molecule has 1 fully saturated rings. The summed E-state index contributed by atoms with van der Waals surface area (Å²) in [6, 6.07) is 6.75. The Morgan fingerprint density at radius 2 is 1.97 bits per heavy atom. The molecule has 9 heteroatoms. The molecule has 0 aliphatic carbocycles. The molecule has 1 atom stereocenters. The van der Waals surface area contributed by atoms with Crippen molar-refractivity contribution in [3.05, 3.63) is 59.8 Å². The summed E-state index contributed by atoms with van der Waals surface area (Å²) in [6.45, 7) is 6.84. The van der Waals surface area contributed by atoms with Gasteiger partial charge >= 0.3 is 6.18 Å². The Morgan fingerprint density at radius 1 is 1.27 bits per heavy atom. The summed E-state index contributed by atoms with van der Waals surface area (Å²) < 4.78 is 40.3. The van der Waals surface area contributed by atoms with Crippen molar-refractivity contribution in [1.29, 1.82) is 0 Å². The van der Waals surface area contributed by atoms with Gasteiger partial charge in [-0.15, -0.1) is 5.10 Å². The molecule has 1 unspecified atom stereocenters. The first-order chi connectivity index (χ1) is 14.1. The molecule has 1 saturated heterocycles. The van der Waals surface area contributed by atoms with Gasteiger partial charge < -0.3 is 10.6 Å². The van der Waals surface area contributed by atoms with E-state index in [1.807, 2.05) is 17.9 Å². The van der Waals surface area contributed by atoms with E-state index in [0.29, 0.717) is 47.6 Å². The van der Waals surface area contributed by atoms with E-state index in [1.54, 1.807) is 10.9 Å². The number of carbonyl (C=O) groups excluding carboxylic acids is 1. The summed E-state index contributed by atoms with van der Waals surface area (Å²) in [7, 11) is 0. The van der Waals surface area contributed by atoms with Gasteiger partial charge in [0.1, 0.15) is 5.52 Å². The predicted molar refractivity (Wildman–Crippen MR) is 107 cm³/mol. The van der Waals surface area contributed by atoms with Crippen LogP contribution in [-0.2, 0) is 11.0 Å². The molecule has 0 radical (unpaired) electrons. The second-order valence-electron chi connectivity index (χ2n) is 7.48. The number of amides is 1. The molecule has 2 N–H and O–H groups in total. The van der Waals surface area contributed by atoms with Crippen molar-refractivity contribution < 1.29 is 18.0 Å². The topological polar surface area (TPSA) is 77.0 Å². The quantitative estimate of drug-likeness (QED) is 0.661. The number of hydrogen-bond donors (Lipinski definition) is 1. The Bertz CT molecular complexity index is 1130. The van der Waals surface area contributed by atoms with Crippen LogP contribution in [0.2, 0.25) is 0 Å². The zero-order valence-electron chi connectivity index (χ0n) is 16.3. The summed E-state index contributed by atoms with van der Waals surface area (Å²) >= 11 is 0. The lowest BCUT2D eigenvalue weighted by atomic mass is 9.99. The van der Waals surface area contributed by atoms with Crippen LogP contribution in [0.25, 0.3) is 16.7 Å². The van der Waals surface area contributed by atoms with Crippen molar-refractivity contribution in [3.8, 4) is 5.69 Å². The first-order valence-corrected chi connectivity index (χ1v) is 9.41. The summed E-state index contributed by atoms with van der Waals surface area (Å²) in [5, 5.41) is 4.67. The first kappa shape index (κ1) is 19.9. The Morgan fingerprint density at radius 3 is 2.60 bits per heavy atom. The minimum atomic E-state index is -4.40. The number of alkyl halides is 3. The number of nitrogens with zero attached hydrogens (tertiary/aromatic N) is 4. The van der Waals surface area contributed by atoms with Gasteiger partial charge in [0.15, 0.2) is 5.82 Å². The van der Waals surface area contributed by atoms with Gasteiger partial charge in [0.05, 0.1) is 16.8 Å². The fourth-order valence-electron chi connectivity index (χ4n) is 3.72. The van der Waals surface area contributed by atoms with Gasteiger partial charge in [-0.2, -0.15) is 13.2 Å². The van der Waals surface area contributed by atoms with E-state index in [-0.39, 0.29) is 5.92 Å². The van der Waals surface area contributed by atoms with Gasteiger partial charge in [-0.25, -0.2) is 4.68 Å². The second kappa shape index (κ2) is 7.16. The molecule has 1 aromatic carbocycles. The normalized spacial score (nSPS) is 16.9. The van der Waals surface area contributed by atoms with E-state index in [4.69, 9.17) is 5.73 Å². The third kappa shape index (κ3) is 3.51. The summed E-state index contributed by atoms with van der Waals surface area (Å²) in [6.07, 6.45) is -1.97. The number of benzene rings is 1. The van der Waals surface area contributed by atoms with E-state index in [9.17, 15) is 18.0 Å². The monoisotopic (exact) mass is 415 g/mol. The minimum absolute atomic E-state index is 0.0702. The fourth-order valence-corrected chi connectivity index (χ4v) is 3.72. The van der Waals surface area contributed by atoms with E-state index in [2.05, 4.69) is 16.7 Å². The van der Waals surface area contributed by atoms with Crippen LogP contribution < -0.4 is 10.6 Å². The molecule has 4 rings (SSSR count). The standard InChI is InChI=1S/C21H20F3N5O/c1-12-9-17-18(26-10-12)20(28-8-7-14(11-28)13(2)19(25)30)27-29(17)16-5-3-15(4-6-16)21(22,23)24/h3-6,9-10,14H,2,7-8,11H2,1H3,(H2,25,30). The highest BCUT2D eigenvalue weighted by atomic mass is 19.4. The number of rotatable bonds is 4. The van der Waals surface area contributed by atoms with Crippen LogP contribution in [0.5, 0.6) is 0 Å². The molecular formula is C21H20F3N5O. The number of hydrogen-bond acceptors (Lipinski definition) is 4. The van der Waals surface area contributed by atoms with Gasteiger partial charge in [-0.1, -0.05) is 6.58 Å². The maximum atomic E-state index is 12.9. The average Bonchev–Trinajstić information content (AvgIpc) is 3.31. The zero-order chi connectivity index (χ0) is 21.6. The number of halogens is 3. The fraction of sp³-hybridized carbons (Fsp3) is 0.286. The van der Waals surface area contributed by atoms with Crippen LogP contribution in [0.1, 0.15) is 17.5 Å². The molecular weight excluding hydrogens is 395 g/mol.